The molecule has 3 atom stereocenters. The van der Waals surface area contributed by atoms with Crippen LogP contribution in [0.1, 0.15) is 50.7 Å². The number of fused-ring (bicyclic) bond motifs is 1. The number of hydrogen-bond donors (Lipinski definition) is 2. The molecule has 0 spiro atoms. The Bertz CT molecular complexity index is 1460. The molecule has 3 N–H and O–H groups in total. The number of nitrogens with one attached hydrogen (secondary N) is 1. The molecule has 45 heavy (non-hydrogen) atoms. The van der Waals surface area contributed by atoms with Crippen LogP contribution in [-0.4, -0.2) is 78.5 Å². The molecule has 8 nitrogen and oxygen atoms in total. The van der Waals surface area contributed by atoms with Crippen molar-refractivity contribution in [2.75, 3.05) is 27.2 Å². The van der Waals surface area contributed by atoms with Gasteiger partial charge in [0.15, 0.2) is 0 Å². The minimum Gasteiger partial charge on any atom is -0.378 e. The van der Waals surface area contributed by atoms with Gasteiger partial charge in [0.1, 0.15) is 12.1 Å². The Morgan fingerprint density at radius 2 is 1.62 bits per heavy atom. The van der Waals surface area contributed by atoms with Crippen LogP contribution in [0.4, 0.5) is 0 Å². The van der Waals surface area contributed by atoms with Gasteiger partial charge in [0.25, 0.3) is 0 Å². The summed E-state index contributed by atoms with van der Waals surface area (Å²) in [6.07, 6.45) is 7.31. The second-order valence-corrected chi connectivity index (χ2v) is 12.8. The van der Waals surface area contributed by atoms with Gasteiger partial charge in [0, 0.05) is 45.6 Å². The Hall–Kier alpha value is -4.01. The molecule has 1 fully saturated rings. The smallest absolute Gasteiger partial charge is 0.246 e. The summed E-state index contributed by atoms with van der Waals surface area (Å²) >= 11 is 0. The van der Waals surface area contributed by atoms with E-state index in [1.807, 2.05) is 80.6 Å². The second-order valence-electron chi connectivity index (χ2n) is 12.8. The number of likely N-dealkylation sites (N-methyl/N-ethyl adjacent to an activating group) is 2. The summed E-state index contributed by atoms with van der Waals surface area (Å²) in [7, 11) is 3.31. The molecule has 8 heteroatoms. The molecule has 1 saturated heterocycles. The maximum absolute atomic E-state index is 14.4. The molecule has 1 heterocycles. The maximum atomic E-state index is 14.4. The number of amides is 3. The standard InChI is InChI=1S/C37H48N4O4/c1-37(2,38)21-10-17-34(42)40(3)33(26-28-18-19-29-14-8-9-15-30(29)24-28)36(44)41(4)32(25-27-12-6-5-7-13-27)35(43)39-22-20-31-16-11-23-45-31/h5-10,12-15,17-19,24,31-33H,11,16,20-23,25-26,38H2,1-4H3,(H,39,43)/b17-10+/t31?,32-,33-/m1/s1. The normalized spacial score (nSPS) is 16.4. The minimum atomic E-state index is -0.836. The Morgan fingerprint density at radius 3 is 2.31 bits per heavy atom. The van der Waals surface area contributed by atoms with E-state index in [9.17, 15) is 14.4 Å². The molecule has 1 aliphatic heterocycles. The Balaban J connectivity index is 1.59. The quantitative estimate of drug-likeness (QED) is 0.258. The van der Waals surface area contributed by atoms with Crippen molar-refractivity contribution in [3.8, 4) is 0 Å². The third kappa shape index (κ3) is 9.99. The van der Waals surface area contributed by atoms with E-state index in [1.165, 1.54) is 15.9 Å². The molecule has 4 rings (SSSR count). The Labute approximate surface area is 267 Å². The van der Waals surface area contributed by atoms with Gasteiger partial charge in [-0.05, 0) is 67.5 Å². The number of hydrogen-bond acceptors (Lipinski definition) is 5. The summed E-state index contributed by atoms with van der Waals surface area (Å²) in [4.78, 5) is 44.5. The monoisotopic (exact) mass is 612 g/mol. The van der Waals surface area contributed by atoms with Crippen molar-refractivity contribution in [2.24, 2.45) is 5.73 Å². The summed E-state index contributed by atoms with van der Waals surface area (Å²) in [5.74, 6) is -0.828. The lowest BCUT2D eigenvalue weighted by Gasteiger charge is -2.34. The number of benzene rings is 3. The lowest BCUT2D eigenvalue weighted by molar-refractivity contribution is -0.146. The average molecular weight is 613 g/mol. The van der Waals surface area contributed by atoms with Gasteiger partial charge >= 0.3 is 0 Å². The summed E-state index contributed by atoms with van der Waals surface area (Å²) in [6.45, 7) is 5.02. The van der Waals surface area contributed by atoms with Gasteiger partial charge < -0.3 is 25.6 Å². The maximum Gasteiger partial charge on any atom is 0.246 e. The highest BCUT2D eigenvalue weighted by Crippen LogP contribution is 2.21. The van der Waals surface area contributed by atoms with Crippen LogP contribution in [0.25, 0.3) is 10.8 Å². The zero-order valence-corrected chi connectivity index (χ0v) is 27.1. The Morgan fingerprint density at radius 1 is 0.933 bits per heavy atom. The second kappa shape index (κ2) is 15.8. The predicted octanol–water partition coefficient (Wildman–Crippen LogP) is 4.65. The third-order valence-electron chi connectivity index (χ3n) is 8.43. The molecule has 0 aromatic heterocycles. The van der Waals surface area contributed by atoms with E-state index in [0.717, 1.165) is 47.8 Å². The average Bonchev–Trinajstić information content (AvgIpc) is 3.55. The highest BCUT2D eigenvalue weighted by Gasteiger charge is 2.35. The van der Waals surface area contributed by atoms with Gasteiger partial charge in [0.05, 0.1) is 6.10 Å². The van der Waals surface area contributed by atoms with E-state index >= 15 is 0 Å². The zero-order chi connectivity index (χ0) is 32.4. The van der Waals surface area contributed by atoms with Gasteiger partial charge in [-0.3, -0.25) is 14.4 Å². The minimum absolute atomic E-state index is 0.154. The van der Waals surface area contributed by atoms with Gasteiger partial charge in [0.2, 0.25) is 17.7 Å². The molecule has 0 bridgehead atoms. The SMILES string of the molecule is CN(C(=O)/C=C/CC(C)(C)N)[C@H](Cc1ccc2ccccc2c1)C(=O)N(C)[C@H](Cc1ccccc1)C(=O)NCCC1CCCO1. The number of nitrogens with two attached hydrogens (primary N) is 1. The summed E-state index contributed by atoms with van der Waals surface area (Å²) in [6, 6.07) is 22.2. The predicted molar refractivity (Wildman–Crippen MR) is 180 cm³/mol. The first-order valence-corrected chi connectivity index (χ1v) is 15.9. The molecule has 0 aliphatic carbocycles. The third-order valence-corrected chi connectivity index (χ3v) is 8.43. The first-order valence-electron chi connectivity index (χ1n) is 15.9. The summed E-state index contributed by atoms with van der Waals surface area (Å²) in [5.41, 5.74) is 7.51. The largest absolute Gasteiger partial charge is 0.378 e. The summed E-state index contributed by atoms with van der Waals surface area (Å²) < 4.78 is 5.72. The first kappa shape index (κ1) is 33.9. The number of carbonyl (C=O) groups excluding carboxylic acids is 3. The van der Waals surface area contributed by atoms with Crippen LogP contribution in [0.5, 0.6) is 0 Å². The van der Waals surface area contributed by atoms with Gasteiger partial charge in [-0.15, -0.1) is 0 Å². The summed E-state index contributed by atoms with van der Waals surface area (Å²) in [5, 5.41) is 5.21. The molecule has 1 aliphatic rings. The number of rotatable bonds is 14. The van der Waals surface area contributed by atoms with E-state index in [-0.39, 0.29) is 23.8 Å². The van der Waals surface area contributed by atoms with Gasteiger partial charge in [-0.1, -0.05) is 78.9 Å². The van der Waals surface area contributed by atoms with Crippen molar-refractivity contribution >= 4 is 28.5 Å². The van der Waals surface area contributed by atoms with Crippen molar-refractivity contribution < 1.29 is 19.1 Å². The van der Waals surface area contributed by atoms with E-state index in [0.29, 0.717) is 25.8 Å². The van der Waals surface area contributed by atoms with Crippen LogP contribution in [0.2, 0.25) is 0 Å². The number of ether oxygens (including phenoxy) is 1. The lowest BCUT2D eigenvalue weighted by Crippen LogP contribution is -2.56. The zero-order valence-electron chi connectivity index (χ0n) is 27.1. The molecule has 0 saturated carbocycles. The van der Waals surface area contributed by atoms with Crippen molar-refractivity contribution in [3.63, 3.8) is 0 Å². The van der Waals surface area contributed by atoms with Gasteiger partial charge in [-0.2, -0.15) is 0 Å². The van der Waals surface area contributed by atoms with Crippen molar-refractivity contribution in [3.05, 3.63) is 96.1 Å². The highest BCUT2D eigenvalue weighted by molar-refractivity contribution is 5.95. The fourth-order valence-electron chi connectivity index (χ4n) is 5.69. The van der Waals surface area contributed by atoms with Crippen molar-refractivity contribution in [2.45, 2.75) is 76.1 Å². The molecule has 1 unspecified atom stereocenters. The lowest BCUT2D eigenvalue weighted by atomic mass is 9.98. The van der Waals surface area contributed by atoms with E-state index in [4.69, 9.17) is 10.5 Å². The number of nitrogens with zero attached hydrogens (tertiary/aromatic N) is 2. The van der Waals surface area contributed by atoms with Crippen LogP contribution in [0, 0.1) is 0 Å². The molecule has 3 amide bonds. The van der Waals surface area contributed by atoms with Crippen LogP contribution in [0.15, 0.2) is 84.9 Å². The topological polar surface area (TPSA) is 105 Å². The molecule has 3 aromatic carbocycles. The fourth-order valence-corrected chi connectivity index (χ4v) is 5.69. The van der Waals surface area contributed by atoms with Crippen LogP contribution in [0.3, 0.4) is 0 Å². The molecule has 0 radical (unpaired) electrons. The van der Waals surface area contributed by atoms with Crippen LogP contribution in [-0.2, 0) is 32.0 Å². The van der Waals surface area contributed by atoms with Crippen molar-refractivity contribution in [1.82, 2.24) is 15.1 Å². The highest BCUT2D eigenvalue weighted by atomic mass is 16.5. The van der Waals surface area contributed by atoms with Gasteiger partial charge in [-0.25, -0.2) is 0 Å². The van der Waals surface area contributed by atoms with Crippen molar-refractivity contribution in [1.29, 1.82) is 0 Å². The molecular formula is C37H48N4O4. The molecular weight excluding hydrogens is 564 g/mol. The number of carbonyl (C=O) groups is 3. The van der Waals surface area contributed by atoms with E-state index in [2.05, 4.69) is 11.4 Å². The fraction of sp³-hybridized carbons (Fsp3) is 0.432. The van der Waals surface area contributed by atoms with Crippen LogP contribution >= 0.6 is 0 Å². The Kier molecular flexibility index (Phi) is 11.9. The van der Waals surface area contributed by atoms with E-state index < -0.39 is 17.6 Å². The molecule has 3 aromatic rings. The van der Waals surface area contributed by atoms with E-state index in [1.54, 1.807) is 20.2 Å². The van der Waals surface area contributed by atoms with Crippen LogP contribution < -0.4 is 11.1 Å². The first-order chi connectivity index (χ1) is 21.5. The molecule has 240 valence electrons.